The van der Waals surface area contributed by atoms with Crippen LogP contribution in [0, 0.1) is 19.8 Å². The average molecular weight is 305 g/mol. The van der Waals surface area contributed by atoms with Crippen LogP contribution < -0.4 is 16.0 Å². The number of carbonyl (C=O) groups is 2. The molecule has 1 aliphatic heterocycles. The van der Waals surface area contributed by atoms with Crippen LogP contribution in [0.15, 0.2) is 18.2 Å². The van der Waals surface area contributed by atoms with Crippen molar-refractivity contribution in [3.8, 4) is 5.75 Å². The first-order valence-electron chi connectivity index (χ1n) is 7.50. The molecule has 1 aromatic rings. The second kappa shape index (κ2) is 7.26. The van der Waals surface area contributed by atoms with Crippen molar-refractivity contribution < 1.29 is 14.3 Å². The van der Waals surface area contributed by atoms with Crippen molar-refractivity contribution in [3.63, 3.8) is 0 Å². The lowest BCUT2D eigenvalue weighted by molar-refractivity contribution is -0.137. The van der Waals surface area contributed by atoms with Crippen LogP contribution in [0.2, 0.25) is 0 Å². The van der Waals surface area contributed by atoms with Gasteiger partial charge in [-0.15, -0.1) is 0 Å². The molecule has 0 bridgehead atoms. The minimum atomic E-state index is -0.154. The van der Waals surface area contributed by atoms with E-state index in [9.17, 15) is 9.59 Å². The number of aryl methyl sites for hydroxylation is 2. The van der Waals surface area contributed by atoms with E-state index < -0.39 is 0 Å². The number of nitrogens with one attached hydrogen (secondary N) is 1. The molecule has 1 aromatic carbocycles. The maximum absolute atomic E-state index is 12.2. The third kappa shape index (κ3) is 3.76. The topological polar surface area (TPSA) is 84.7 Å². The summed E-state index contributed by atoms with van der Waals surface area (Å²) in [7, 11) is 0. The minimum absolute atomic E-state index is 0.0272. The van der Waals surface area contributed by atoms with Gasteiger partial charge in [0, 0.05) is 19.0 Å². The molecule has 1 aliphatic rings. The predicted molar refractivity (Wildman–Crippen MR) is 83.0 cm³/mol. The lowest BCUT2D eigenvalue weighted by Crippen LogP contribution is -2.45. The molecule has 0 spiro atoms. The molecule has 0 unspecified atom stereocenters. The third-order valence-corrected chi connectivity index (χ3v) is 4.11. The number of hydrogen-bond acceptors (Lipinski definition) is 4. The van der Waals surface area contributed by atoms with Crippen molar-refractivity contribution in [1.82, 2.24) is 10.3 Å². The molecule has 22 heavy (non-hydrogen) atoms. The number of nitrogens with zero attached hydrogens (tertiary/aromatic N) is 1. The van der Waals surface area contributed by atoms with E-state index in [2.05, 4.69) is 5.43 Å². The van der Waals surface area contributed by atoms with Crippen LogP contribution in [0.3, 0.4) is 0 Å². The van der Waals surface area contributed by atoms with Gasteiger partial charge < -0.3 is 9.64 Å². The highest BCUT2D eigenvalue weighted by Gasteiger charge is 2.27. The number of benzene rings is 1. The summed E-state index contributed by atoms with van der Waals surface area (Å²) in [5.74, 6) is 5.61. The summed E-state index contributed by atoms with van der Waals surface area (Å²) >= 11 is 0. The molecule has 120 valence electrons. The Labute approximate surface area is 130 Å². The average Bonchev–Trinajstić information content (AvgIpc) is 2.53. The standard InChI is InChI=1S/C16H23N3O3/c1-11-4-3-5-12(2)15(11)22-10-14(20)19-8-6-13(7-9-19)16(21)18-17/h3-5,13H,6-10,17H2,1-2H3,(H,18,21). The molecule has 2 rings (SSSR count). The first-order chi connectivity index (χ1) is 10.5. The van der Waals surface area contributed by atoms with Crippen molar-refractivity contribution in [1.29, 1.82) is 0 Å². The Bertz CT molecular complexity index is 531. The van der Waals surface area contributed by atoms with Gasteiger partial charge in [-0.2, -0.15) is 0 Å². The number of hydrogen-bond donors (Lipinski definition) is 2. The molecule has 2 amide bonds. The zero-order valence-electron chi connectivity index (χ0n) is 13.1. The van der Waals surface area contributed by atoms with Gasteiger partial charge in [0.05, 0.1) is 0 Å². The van der Waals surface area contributed by atoms with Crippen LogP contribution in [-0.2, 0) is 9.59 Å². The van der Waals surface area contributed by atoms with Crippen molar-refractivity contribution in [2.45, 2.75) is 26.7 Å². The van der Waals surface area contributed by atoms with Gasteiger partial charge in [0.15, 0.2) is 6.61 Å². The summed E-state index contributed by atoms with van der Waals surface area (Å²) in [4.78, 5) is 25.4. The molecule has 6 nitrogen and oxygen atoms in total. The Morgan fingerprint density at radius 2 is 1.86 bits per heavy atom. The van der Waals surface area contributed by atoms with Crippen molar-refractivity contribution >= 4 is 11.8 Å². The number of amides is 2. The van der Waals surface area contributed by atoms with Gasteiger partial charge in [-0.25, -0.2) is 5.84 Å². The molecule has 3 N–H and O–H groups in total. The largest absolute Gasteiger partial charge is 0.483 e. The van der Waals surface area contributed by atoms with E-state index in [0.29, 0.717) is 25.9 Å². The molecule has 0 saturated carbocycles. The van der Waals surface area contributed by atoms with Crippen LogP contribution in [0.4, 0.5) is 0 Å². The van der Waals surface area contributed by atoms with Gasteiger partial charge in [0.1, 0.15) is 5.75 Å². The fraction of sp³-hybridized carbons (Fsp3) is 0.500. The lowest BCUT2D eigenvalue weighted by Gasteiger charge is -2.31. The molecule has 1 saturated heterocycles. The van der Waals surface area contributed by atoms with E-state index in [1.54, 1.807) is 4.90 Å². The molecule has 1 heterocycles. The van der Waals surface area contributed by atoms with E-state index >= 15 is 0 Å². The number of nitrogens with two attached hydrogens (primary N) is 1. The minimum Gasteiger partial charge on any atom is -0.483 e. The maximum Gasteiger partial charge on any atom is 0.260 e. The van der Waals surface area contributed by atoms with Crippen LogP contribution in [0.25, 0.3) is 0 Å². The molecule has 0 aromatic heterocycles. The van der Waals surface area contributed by atoms with Crippen LogP contribution in [0.5, 0.6) is 5.75 Å². The number of likely N-dealkylation sites (tertiary alicyclic amines) is 1. The lowest BCUT2D eigenvalue weighted by atomic mass is 9.96. The third-order valence-electron chi connectivity index (χ3n) is 4.11. The normalized spacial score (nSPS) is 15.5. The Hall–Kier alpha value is -2.08. The Morgan fingerprint density at radius 1 is 1.27 bits per heavy atom. The van der Waals surface area contributed by atoms with E-state index in [1.165, 1.54) is 0 Å². The van der Waals surface area contributed by atoms with Gasteiger partial charge in [0.2, 0.25) is 5.91 Å². The molecule has 0 atom stereocenters. The van der Waals surface area contributed by atoms with Crippen molar-refractivity contribution in [2.75, 3.05) is 19.7 Å². The predicted octanol–water partition coefficient (Wildman–Crippen LogP) is 0.911. The molecular weight excluding hydrogens is 282 g/mol. The van der Waals surface area contributed by atoms with E-state index in [4.69, 9.17) is 10.6 Å². The molecule has 0 aliphatic carbocycles. The molecule has 0 radical (unpaired) electrons. The van der Waals surface area contributed by atoms with Crippen LogP contribution in [-0.4, -0.2) is 36.4 Å². The number of hydrazine groups is 1. The van der Waals surface area contributed by atoms with E-state index in [0.717, 1.165) is 16.9 Å². The number of para-hydroxylation sites is 1. The van der Waals surface area contributed by atoms with Crippen LogP contribution in [0.1, 0.15) is 24.0 Å². The quantitative estimate of drug-likeness (QED) is 0.492. The van der Waals surface area contributed by atoms with Crippen molar-refractivity contribution in [2.24, 2.45) is 11.8 Å². The second-order valence-electron chi connectivity index (χ2n) is 5.67. The van der Waals surface area contributed by atoms with Gasteiger partial charge in [-0.3, -0.25) is 15.0 Å². The Balaban J connectivity index is 1.85. The fourth-order valence-corrected chi connectivity index (χ4v) is 2.76. The van der Waals surface area contributed by atoms with Gasteiger partial charge in [-0.1, -0.05) is 18.2 Å². The number of ether oxygens (including phenoxy) is 1. The Kier molecular flexibility index (Phi) is 5.38. The highest BCUT2D eigenvalue weighted by Crippen LogP contribution is 2.23. The van der Waals surface area contributed by atoms with Gasteiger partial charge >= 0.3 is 0 Å². The summed E-state index contributed by atoms with van der Waals surface area (Å²) in [5, 5.41) is 0. The van der Waals surface area contributed by atoms with Crippen molar-refractivity contribution in [3.05, 3.63) is 29.3 Å². The first kappa shape index (κ1) is 16.3. The van der Waals surface area contributed by atoms with Gasteiger partial charge in [0.25, 0.3) is 5.91 Å². The molecular formula is C16H23N3O3. The second-order valence-corrected chi connectivity index (χ2v) is 5.67. The maximum atomic E-state index is 12.2. The molecule has 6 heteroatoms. The summed E-state index contributed by atoms with van der Waals surface area (Å²) in [6.07, 6.45) is 1.27. The van der Waals surface area contributed by atoms with Gasteiger partial charge in [-0.05, 0) is 37.8 Å². The SMILES string of the molecule is Cc1cccc(C)c1OCC(=O)N1CCC(C(=O)NN)CC1. The molecule has 1 fully saturated rings. The first-order valence-corrected chi connectivity index (χ1v) is 7.50. The highest BCUT2D eigenvalue weighted by molar-refractivity contribution is 5.80. The summed E-state index contributed by atoms with van der Waals surface area (Å²) < 4.78 is 5.69. The summed E-state index contributed by atoms with van der Waals surface area (Å²) in [6.45, 7) is 5.08. The highest BCUT2D eigenvalue weighted by atomic mass is 16.5. The smallest absolute Gasteiger partial charge is 0.260 e. The number of carbonyl (C=O) groups excluding carboxylic acids is 2. The number of piperidine rings is 1. The summed E-state index contributed by atoms with van der Waals surface area (Å²) in [5.41, 5.74) is 4.21. The zero-order chi connectivity index (χ0) is 16.1. The zero-order valence-corrected chi connectivity index (χ0v) is 13.1. The monoisotopic (exact) mass is 305 g/mol. The Morgan fingerprint density at radius 3 is 2.41 bits per heavy atom. The van der Waals surface area contributed by atoms with E-state index in [-0.39, 0.29) is 24.3 Å². The van der Waals surface area contributed by atoms with E-state index in [1.807, 2.05) is 32.0 Å². The number of rotatable bonds is 4. The van der Waals surface area contributed by atoms with Crippen LogP contribution >= 0.6 is 0 Å². The fourth-order valence-electron chi connectivity index (χ4n) is 2.76. The summed E-state index contributed by atoms with van der Waals surface area (Å²) in [6, 6.07) is 5.89.